The van der Waals surface area contributed by atoms with Crippen LogP contribution < -0.4 is 5.32 Å². The summed E-state index contributed by atoms with van der Waals surface area (Å²) >= 11 is 1.80. The average molecular weight is 500 g/mol. The van der Waals surface area contributed by atoms with Crippen LogP contribution in [0, 0.1) is 6.92 Å². The number of halogens is 1. The molecule has 1 unspecified atom stereocenters. The fourth-order valence-corrected chi connectivity index (χ4v) is 4.08. The van der Waals surface area contributed by atoms with E-state index in [0.29, 0.717) is 6.61 Å². The van der Waals surface area contributed by atoms with E-state index >= 15 is 0 Å². The molecule has 1 aromatic heterocycles. The van der Waals surface area contributed by atoms with Crippen molar-refractivity contribution >= 4 is 41.3 Å². The van der Waals surface area contributed by atoms with Crippen LogP contribution in [0.4, 0.5) is 0 Å². The molecule has 0 saturated carbocycles. The van der Waals surface area contributed by atoms with Crippen LogP contribution in [0.15, 0.2) is 35.5 Å². The van der Waals surface area contributed by atoms with Gasteiger partial charge in [-0.3, -0.25) is 4.99 Å². The van der Waals surface area contributed by atoms with Gasteiger partial charge in [0.15, 0.2) is 5.96 Å². The number of aliphatic imine (C=N–C) groups is 1. The lowest BCUT2D eigenvalue weighted by Crippen LogP contribution is -2.48. The van der Waals surface area contributed by atoms with Gasteiger partial charge in [0.1, 0.15) is 6.10 Å². The van der Waals surface area contributed by atoms with Crippen LogP contribution in [0.2, 0.25) is 0 Å². The number of aryl methyl sites for hydroxylation is 2. The number of hydrogen-bond acceptors (Lipinski definition) is 4. The summed E-state index contributed by atoms with van der Waals surface area (Å²) in [5.74, 6) is 0.944. The molecule has 1 aromatic carbocycles. The zero-order valence-electron chi connectivity index (χ0n) is 16.3. The Labute approximate surface area is 183 Å². The first kappa shape index (κ1) is 22.1. The summed E-state index contributed by atoms with van der Waals surface area (Å²) in [6, 6.07) is 8.45. The highest BCUT2D eigenvalue weighted by Crippen LogP contribution is 2.25. The molecule has 5 nitrogen and oxygen atoms in total. The molecule has 1 aliphatic heterocycles. The topological polar surface area (TPSA) is 49.8 Å². The van der Waals surface area contributed by atoms with Crippen molar-refractivity contribution in [3.63, 3.8) is 0 Å². The molecule has 1 saturated heterocycles. The second-order valence-electron chi connectivity index (χ2n) is 6.46. The van der Waals surface area contributed by atoms with Gasteiger partial charge in [-0.05, 0) is 24.5 Å². The van der Waals surface area contributed by atoms with Crippen molar-refractivity contribution in [3.05, 3.63) is 51.5 Å². The Kier molecular flexibility index (Phi) is 8.98. The third kappa shape index (κ3) is 5.89. The van der Waals surface area contributed by atoms with Gasteiger partial charge >= 0.3 is 0 Å². The van der Waals surface area contributed by atoms with Crippen LogP contribution in [0.1, 0.15) is 34.0 Å². The van der Waals surface area contributed by atoms with Crippen LogP contribution in [0.25, 0.3) is 0 Å². The summed E-state index contributed by atoms with van der Waals surface area (Å²) in [6.07, 6.45) is 4.06. The monoisotopic (exact) mass is 500 g/mol. The number of hydrogen-bond donors (Lipinski definition) is 1. The zero-order chi connectivity index (χ0) is 18.4. The second kappa shape index (κ2) is 11.0. The molecule has 1 N–H and O–H groups in total. The molecule has 0 aliphatic carbocycles. The Morgan fingerprint density at radius 1 is 1.41 bits per heavy atom. The minimum Gasteiger partial charge on any atom is -0.370 e. The van der Waals surface area contributed by atoms with E-state index in [2.05, 4.69) is 58.3 Å². The van der Waals surface area contributed by atoms with E-state index in [1.165, 1.54) is 21.0 Å². The van der Waals surface area contributed by atoms with Crippen LogP contribution in [0.5, 0.6) is 0 Å². The molecule has 1 atom stereocenters. The maximum Gasteiger partial charge on any atom is 0.193 e. The van der Waals surface area contributed by atoms with Crippen LogP contribution in [0.3, 0.4) is 0 Å². The number of ether oxygens (including phenoxy) is 1. The SMILES string of the molecule is CCc1cnc(CCNC(=NC)N2CCOC(c3ccccc3C)C2)s1.I. The molecule has 0 bridgehead atoms. The summed E-state index contributed by atoms with van der Waals surface area (Å²) < 4.78 is 6.03. The van der Waals surface area contributed by atoms with Crippen molar-refractivity contribution in [2.24, 2.45) is 4.99 Å². The Balaban J connectivity index is 0.00000261. The standard InChI is InChI=1S/C20H28N4OS.HI/c1-4-16-13-23-19(26-16)9-10-22-20(21-3)24-11-12-25-18(14-24)17-8-6-5-7-15(17)2;/h5-8,13,18H,4,9-12,14H2,1-3H3,(H,21,22);1H. The predicted molar refractivity (Wildman–Crippen MR) is 123 cm³/mol. The first-order valence-electron chi connectivity index (χ1n) is 9.27. The Hall–Kier alpha value is -1.19. The van der Waals surface area contributed by atoms with Crippen molar-refractivity contribution in [1.29, 1.82) is 0 Å². The molecule has 0 spiro atoms. The van der Waals surface area contributed by atoms with Crippen molar-refractivity contribution in [2.45, 2.75) is 32.8 Å². The van der Waals surface area contributed by atoms with Crippen molar-refractivity contribution < 1.29 is 4.74 Å². The third-order valence-corrected chi connectivity index (χ3v) is 5.89. The molecule has 3 rings (SSSR count). The second-order valence-corrected chi connectivity index (χ2v) is 7.66. The van der Waals surface area contributed by atoms with E-state index < -0.39 is 0 Å². The fourth-order valence-electron chi connectivity index (χ4n) is 3.22. The summed E-state index contributed by atoms with van der Waals surface area (Å²) in [5, 5.41) is 4.67. The molecule has 0 amide bonds. The van der Waals surface area contributed by atoms with E-state index in [-0.39, 0.29) is 30.1 Å². The van der Waals surface area contributed by atoms with Gasteiger partial charge in [-0.2, -0.15) is 0 Å². The van der Waals surface area contributed by atoms with E-state index in [1.807, 2.05) is 13.2 Å². The van der Waals surface area contributed by atoms with Crippen molar-refractivity contribution in [2.75, 3.05) is 33.3 Å². The summed E-state index contributed by atoms with van der Waals surface area (Å²) in [6.45, 7) is 7.55. The number of aromatic nitrogens is 1. The first-order chi connectivity index (χ1) is 12.7. The maximum atomic E-state index is 6.03. The number of guanidine groups is 1. The maximum absolute atomic E-state index is 6.03. The molecule has 1 fully saturated rings. The van der Waals surface area contributed by atoms with E-state index in [9.17, 15) is 0 Å². The van der Waals surface area contributed by atoms with E-state index in [1.54, 1.807) is 11.3 Å². The molecule has 7 heteroatoms. The minimum atomic E-state index is 0. The number of nitrogens with one attached hydrogen (secondary N) is 1. The van der Waals surface area contributed by atoms with Gasteiger partial charge in [-0.1, -0.05) is 31.2 Å². The molecule has 148 valence electrons. The minimum absolute atomic E-state index is 0. The van der Waals surface area contributed by atoms with E-state index in [0.717, 1.165) is 38.4 Å². The van der Waals surface area contributed by atoms with Crippen molar-refractivity contribution in [1.82, 2.24) is 15.2 Å². The largest absolute Gasteiger partial charge is 0.370 e. The lowest BCUT2D eigenvalue weighted by Gasteiger charge is -2.35. The van der Waals surface area contributed by atoms with Gasteiger partial charge in [0.05, 0.1) is 18.2 Å². The number of morpholine rings is 1. The van der Waals surface area contributed by atoms with Gasteiger partial charge in [0.2, 0.25) is 0 Å². The molecule has 27 heavy (non-hydrogen) atoms. The Bertz CT molecular complexity index is 749. The molecule has 2 aromatic rings. The molecule has 0 radical (unpaired) electrons. The number of benzene rings is 1. The van der Waals surface area contributed by atoms with Crippen LogP contribution in [-0.4, -0.2) is 49.1 Å². The molecule has 1 aliphatic rings. The number of nitrogens with zero attached hydrogens (tertiary/aromatic N) is 3. The van der Waals surface area contributed by atoms with Gasteiger partial charge in [0.25, 0.3) is 0 Å². The third-order valence-electron chi connectivity index (χ3n) is 4.69. The predicted octanol–water partition coefficient (Wildman–Crippen LogP) is 3.82. The van der Waals surface area contributed by atoms with Crippen molar-refractivity contribution in [3.8, 4) is 0 Å². The highest BCUT2D eigenvalue weighted by Gasteiger charge is 2.25. The summed E-state index contributed by atoms with van der Waals surface area (Å²) in [5.41, 5.74) is 2.54. The van der Waals surface area contributed by atoms with E-state index in [4.69, 9.17) is 4.74 Å². The number of rotatable bonds is 5. The van der Waals surface area contributed by atoms with Gasteiger partial charge in [-0.15, -0.1) is 35.3 Å². The molecular formula is C20H29IN4OS. The van der Waals surface area contributed by atoms with Crippen LogP contribution in [-0.2, 0) is 17.6 Å². The quantitative estimate of drug-likeness (QED) is 0.386. The highest BCUT2D eigenvalue weighted by molar-refractivity contribution is 14.0. The van der Waals surface area contributed by atoms with Gasteiger partial charge in [-0.25, -0.2) is 4.98 Å². The smallest absolute Gasteiger partial charge is 0.193 e. The number of thiazole rings is 1. The lowest BCUT2D eigenvalue weighted by atomic mass is 10.0. The lowest BCUT2D eigenvalue weighted by molar-refractivity contribution is -0.00829. The summed E-state index contributed by atoms with van der Waals surface area (Å²) in [4.78, 5) is 12.6. The van der Waals surface area contributed by atoms with Crippen LogP contribution >= 0.6 is 35.3 Å². The average Bonchev–Trinajstić information content (AvgIpc) is 3.14. The Morgan fingerprint density at radius 3 is 2.93 bits per heavy atom. The summed E-state index contributed by atoms with van der Waals surface area (Å²) in [7, 11) is 1.85. The first-order valence-corrected chi connectivity index (χ1v) is 10.1. The Morgan fingerprint density at radius 2 is 2.22 bits per heavy atom. The van der Waals surface area contributed by atoms with Gasteiger partial charge < -0.3 is 15.0 Å². The van der Waals surface area contributed by atoms with Gasteiger partial charge in [0, 0.05) is 37.6 Å². The zero-order valence-corrected chi connectivity index (χ0v) is 19.4. The molecule has 2 heterocycles. The normalized spacial score (nSPS) is 17.5. The molecular weight excluding hydrogens is 471 g/mol. The highest BCUT2D eigenvalue weighted by atomic mass is 127. The fraction of sp³-hybridized carbons (Fsp3) is 0.500.